The topological polar surface area (TPSA) is 114 Å². The van der Waals surface area contributed by atoms with Crippen molar-refractivity contribution in [3.05, 3.63) is 58.6 Å². The fourth-order valence-electron chi connectivity index (χ4n) is 4.04. The van der Waals surface area contributed by atoms with Crippen LogP contribution in [0.15, 0.2) is 47.4 Å². The van der Waals surface area contributed by atoms with Gasteiger partial charge in [0, 0.05) is 17.6 Å². The summed E-state index contributed by atoms with van der Waals surface area (Å²) in [5.74, 6) is 0.0860. The van der Waals surface area contributed by atoms with Crippen molar-refractivity contribution in [1.82, 2.24) is 15.4 Å². The predicted molar refractivity (Wildman–Crippen MR) is 135 cm³/mol. The highest BCUT2D eigenvalue weighted by atomic mass is 35.5. The zero-order valence-electron chi connectivity index (χ0n) is 20.2. The summed E-state index contributed by atoms with van der Waals surface area (Å²) in [6, 6.07) is 10.2. The van der Waals surface area contributed by atoms with Crippen LogP contribution in [0, 0.1) is 5.41 Å². The van der Waals surface area contributed by atoms with Gasteiger partial charge in [-0.3, -0.25) is 4.79 Å². The van der Waals surface area contributed by atoms with Crippen LogP contribution in [0.1, 0.15) is 55.5 Å². The molecule has 3 N–H and O–H groups in total. The first kappa shape index (κ1) is 26.8. The standard InChI is InChI=1S/C25H32ClN3O5S/c1-25(2)13-10-19(11-14-25)28-24(31)29-35(32,33)20-7-4-17(5-8-20)12-15-27-23(30)21-9-6-18(26)16-22(21)34-3/h4-9,16,19H,10-15H2,1-3H3,(H,27,30)(H2,28,29,31). The third kappa shape index (κ3) is 7.60. The molecule has 0 aliphatic heterocycles. The van der Waals surface area contributed by atoms with Crippen molar-refractivity contribution in [3.8, 4) is 5.75 Å². The van der Waals surface area contributed by atoms with Gasteiger partial charge in [-0.1, -0.05) is 37.6 Å². The summed E-state index contributed by atoms with van der Waals surface area (Å²) in [4.78, 5) is 24.7. The molecule has 0 atom stereocenters. The second kappa shape index (κ2) is 11.3. The van der Waals surface area contributed by atoms with E-state index in [2.05, 4.69) is 29.2 Å². The third-order valence-electron chi connectivity index (χ3n) is 6.24. The molecule has 0 spiro atoms. The van der Waals surface area contributed by atoms with Crippen molar-refractivity contribution in [2.75, 3.05) is 13.7 Å². The zero-order chi connectivity index (χ0) is 25.6. The van der Waals surface area contributed by atoms with Gasteiger partial charge >= 0.3 is 6.03 Å². The first-order valence-electron chi connectivity index (χ1n) is 11.5. The molecule has 1 fully saturated rings. The number of carbonyl (C=O) groups is 2. The molecule has 1 saturated carbocycles. The van der Waals surface area contributed by atoms with Gasteiger partial charge in [0.2, 0.25) is 0 Å². The Kier molecular flexibility index (Phi) is 8.66. The Balaban J connectivity index is 1.49. The fourth-order valence-corrected chi connectivity index (χ4v) is 5.12. The number of amides is 3. The van der Waals surface area contributed by atoms with Gasteiger partial charge in [0.15, 0.2) is 0 Å². The molecule has 0 saturated heterocycles. The lowest BCUT2D eigenvalue weighted by atomic mass is 9.76. The van der Waals surface area contributed by atoms with Gasteiger partial charge in [0.05, 0.1) is 17.6 Å². The van der Waals surface area contributed by atoms with Crippen LogP contribution < -0.4 is 20.1 Å². The SMILES string of the molecule is COc1cc(Cl)ccc1C(=O)NCCc1ccc(S(=O)(=O)NC(=O)NC2CCC(C)(C)CC2)cc1. The van der Waals surface area contributed by atoms with Crippen molar-refractivity contribution in [2.24, 2.45) is 5.41 Å². The van der Waals surface area contributed by atoms with E-state index in [0.29, 0.717) is 29.3 Å². The molecule has 35 heavy (non-hydrogen) atoms. The van der Waals surface area contributed by atoms with E-state index >= 15 is 0 Å². The van der Waals surface area contributed by atoms with Gasteiger partial charge < -0.3 is 15.4 Å². The quantitative estimate of drug-likeness (QED) is 0.480. The van der Waals surface area contributed by atoms with E-state index in [-0.39, 0.29) is 22.3 Å². The van der Waals surface area contributed by atoms with Crippen LogP contribution in [0.5, 0.6) is 5.75 Å². The first-order valence-corrected chi connectivity index (χ1v) is 13.4. The van der Waals surface area contributed by atoms with E-state index in [0.717, 1.165) is 31.2 Å². The Hall–Kier alpha value is -2.78. The number of halogens is 1. The average molecular weight is 522 g/mol. The second-order valence-corrected chi connectivity index (χ2v) is 11.6. The summed E-state index contributed by atoms with van der Waals surface area (Å²) in [7, 11) is -2.52. The van der Waals surface area contributed by atoms with E-state index in [4.69, 9.17) is 16.3 Å². The van der Waals surface area contributed by atoms with Crippen LogP contribution in [-0.4, -0.2) is 40.1 Å². The number of nitrogens with one attached hydrogen (secondary N) is 3. The second-order valence-electron chi connectivity index (χ2n) is 9.51. The number of sulfonamides is 1. The van der Waals surface area contributed by atoms with Crippen LogP contribution in [0.2, 0.25) is 5.02 Å². The minimum atomic E-state index is -3.99. The summed E-state index contributed by atoms with van der Waals surface area (Å²) >= 11 is 5.93. The monoisotopic (exact) mass is 521 g/mol. The van der Waals surface area contributed by atoms with Crippen molar-refractivity contribution in [3.63, 3.8) is 0 Å². The Morgan fingerprint density at radius 1 is 1.09 bits per heavy atom. The van der Waals surface area contributed by atoms with Gasteiger partial charge in [0.1, 0.15) is 5.75 Å². The number of carbonyl (C=O) groups excluding carboxylic acids is 2. The Morgan fingerprint density at radius 3 is 2.37 bits per heavy atom. The molecule has 0 heterocycles. The molecule has 190 valence electrons. The van der Waals surface area contributed by atoms with Gasteiger partial charge in [0.25, 0.3) is 15.9 Å². The number of urea groups is 1. The van der Waals surface area contributed by atoms with Crippen LogP contribution >= 0.6 is 11.6 Å². The van der Waals surface area contributed by atoms with Crippen LogP contribution in [-0.2, 0) is 16.4 Å². The normalized spacial score (nSPS) is 15.8. The number of benzene rings is 2. The summed E-state index contributed by atoms with van der Waals surface area (Å²) in [5.41, 5.74) is 1.47. The maximum atomic E-state index is 12.6. The number of hydrogen-bond donors (Lipinski definition) is 3. The molecule has 0 bridgehead atoms. The lowest BCUT2D eigenvalue weighted by Gasteiger charge is -2.34. The molecule has 0 radical (unpaired) electrons. The van der Waals surface area contributed by atoms with Gasteiger partial charge in [-0.05, 0) is 73.4 Å². The molecule has 2 aromatic carbocycles. The molecule has 1 aliphatic carbocycles. The smallest absolute Gasteiger partial charge is 0.328 e. The highest BCUT2D eigenvalue weighted by Crippen LogP contribution is 2.35. The molecular formula is C25H32ClN3O5S. The van der Waals surface area contributed by atoms with E-state index < -0.39 is 16.1 Å². The van der Waals surface area contributed by atoms with E-state index in [1.807, 2.05) is 0 Å². The van der Waals surface area contributed by atoms with Crippen molar-refractivity contribution in [2.45, 2.75) is 56.9 Å². The maximum Gasteiger partial charge on any atom is 0.328 e. The molecule has 8 nitrogen and oxygen atoms in total. The summed E-state index contributed by atoms with van der Waals surface area (Å²) in [6.07, 6.45) is 4.13. The minimum Gasteiger partial charge on any atom is -0.496 e. The zero-order valence-corrected chi connectivity index (χ0v) is 21.8. The van der Waals surface area contributed by atoms with Crippen molar-refractivity contribution >= 4 is 33.6 Å². The Labute approximate surface area is 211 Å². The van der Waals surface area contributed by atoms with E-state index in [1.165, 1.54) is 19.2 Å². The minimum absolute atomic E-state index is 0.00360. The molecule has 0 unspecified atom stereocenters. The average Bonchev–Trinajstić information content (AvgIpc) is 2.80. The molecule has 3 rings (SSSR count). The first-order chi connectivity index (χ1) is 16.5. The number of hydrogen-bond acceptors (Lipinski definition) is 5. The lowest BCUT2D eigenvalue weighted by Crippen LogP contribution is -2.46. The number of methoxy groups -OCH3 is 1. The summed E-state index contributed by atoms with van der Waals surface area (Å²) in [6.45, 7) is 4.74. The molecule has 3 amide bonds. The summed E-state index contributed by atoms with van der Waals surface area (Å²) < 4.78 is 32.5. The maximum absolute atomic E-state index is 12.6. The van der Waals surface area contributed by atoms with Crippen molar-refractivity contribution < 1.29 is 22.7 Å². The van der Waals surface area contributed by atoms with E-state index in [1.54, 1.807) is 30.3 Å². The predicted octanol–water partition coefficient (Wildman–Crippen LogP) is 4.28. The van der Waals surface area contributed by atoms with Crippen LogP contribution in [0.3, 0.4) is 0 Å². The lowest BCUT2D eigenvalue weighted by molar-refractivity contribution is 0.0951. The Bertz CT molecular complexity index is 1160. The van der Waals surface area contributed by atoms with Gasteiger partial charge in [-0.2, -0.15) is 0 Å². The van der Waals surface area contributed by atoms with E-state index in [9.17, 15) is 18.0 Å². The fraction of sp³-hybridized carbons (Fsp3) is 0.440. The molecule has 2 aromatic rings. The number of rotatable bonds is 8. The highest BCUT2D eigenvalue weighted by Gasteiger charge is 2.28. The molecule has 0 aromatic heterocycles. The highest BCUT2D eigenvalue weighted by molar-refractivity contribution is 7.90. The van der Waals surface area contributed by atoms with Crippen molar-refractivity contribution in [1.29, 1.82) is 0 Å². The summed E-state index contributed by atoms with van der Waals surface area (Å²) in [5, 5.41) is 6.05. The molecular weight excluding hydrogens is 490 g/mol. The molecule has 1 aliphatic rings. The van der Waals surface area contributed by atoms with Gasteiger partial charge in [-0.25, -0.2) is 17.9 Å². The van der Waals surface area contributed by atoms with Gasteiger partial charge in [-0.15, -0.1) is 0 Å². The van der Waals surface area contributed by atoms with Crippen LogP contribution in [0.4, 0.5) is 4.79 Å². The Morgan fingerprint density at radius 2 is 1.74 bits per heavy atom. The third-order valence-corrected chi connectivity index (χ3v) is 7.82. The van der Waals surface area contributed by atoms with Crippen LogP contribution in [0.25, 0.3) is 0 Å². The molecule has 10 heteroatoms. The largest absolute Gasteiger partial charge is 0.496 e. The number of ether oxygens (including phenoxy) is 1.